The Morgan fingerprint density at radius 3 is 2.84 bits per heavy atom. The van der Waals surface area contributed by atoms with Crippen LogP contribution in [0.2, 0.25) is 0 Å². The third-order valence-electron chi connectivity index (χ3n) is 4.68. The lowest BCUT2D eigenvalue weighted by Crippen LogP contribution is -2.24. The van der Waals surface area contributed by atoms with Crippen molar-refractivity contribution in [3.63, 3.8) is 0 Å². The lowest BCUT2D eigenvalue weighted by Gasteiger charge is -2.23. The van der Waals surface area contributed by atoms with E-state index < -0.39 is 0 Å². The summed E-state index contributed by atoms with van der Waals surface area (Å²) in [6, 6.07) is 4.42. The van der Waals surface area contributed by atoms with Crippen molar-refractivity contribution in [1.29, 1.82) is 0 Å². The van der Waals surface area contributed by atoms with E-state index in [1.165, 1.54) is 41.3 Å². The summed E-state index contributed by atoms with van der Waals surface area (Å²) >= 11 is 3.62. The highest BCUT2D eigenvalue weighted by molar-refractivity contribution is 9.10. The van der Waals surface area contributed by atoms with Crippen LogP contribution in [0.15, 0.2) is 16.6 Å². The molecule has 104 valence electrons. The fraction of sp³-hybridized carbons (Fsp3) is 0.625. The van der Waals surface area contributed by atoms with Gasteiger partial charge >= 0.3 is 0 Å². The van der Waals surface area contributed by atoms with Gasteiger partial charge in [-0.1, -0.05) is 41.6 Å². The van der Waals surface area contributed by atoms with Gasteiger partial charge in [0.05, 0.1) is 6.61 Å². The molecule has 0 amide bonds. The van der Waals surface area contributed by atoms with E-state index in [9.17, 15) is 0 Å². The maximum atomic E-state index is 6.03. The van der Waals surface area contributed by atoms with Crippen LogP contribution in [0.3, 0.4) is 0 Å². The predicted octanol–water partition coefficient (Wildman–Crippen LogP) is 3.69. The second-order valence-electron chi connectivity index (χ2n) is 5.90. The van der Waals surface area contributed by atoms with Crippen molar-refractivity contribution < 1.29 is 4.74 Å². The first-order valence-corrected chi connectivity index (χ1v) is 8.21. The molecule has 1 aliphatic carbocycles. The van der Waals surface area contributed by atoms with E-state index >= 15 is 0 Å². The summed E-state index contributed by atoms with van der Waals surface area (Å²) in [5.74, 6) is 2.57. The summed E-state index contributed by atoms with van der Waals surface area (Å²) in [6.45, 7) is 1.63. The van der Waals surface area contributed by atoms with Crippen LogP contribution >= 0.6 is 15.9 Å². The van der Waals surface area contributed by atoms with Gasteiger partial charge in [0.25, 0.3) is 0 Å². The van der Waals surface area contributed by atoms with Crippen molar-refractivity contribution in [3.8, 4) is 5.75 Å². The molecule has 3 rings (SSSR count). The molecule has 1 aromatic rings. The molecule has 0 radical (unpaired) electrons. The van der Waals surface area contributed by atoms with Gasteiger partial charge in [-0.15, -0.1) is 0 Å². The summed E-state index contributed by atoms with van der Waals surface area (Å²) in [5, 5.41) is 0. The van der Waals surface area contributed by atoms with Gasteiger partial charge in [0.2, 0.25) is 0 Å². The van der Waals surface area contributed by atoms with Crippen molar-refractivity contribution in [3.05, 3.63) is 27.7 Å². The molecule has 2 aliphatic rings. The Labute approximate surface area is 123 Å². The summed E-state index contributed by atoms with van der Waals surface area (Å²) in [7, 11) is 0. The van der Waals surface area contributed by atoms with Crippen molar-refractivity contribution >= 4 is 15.9 Å². The highest BCUT2D eigenvalue weighted by Gasteiger charge is 2.26. The lowest BCUT2D eigenvalue weighted by molar-refractivity contribution is 0.328. The van der Waals surface area contributed by atoms with Crippen molar-refractivity contribution in [2.75, 3.05) is 13.2 Å². The Morgan fingerprint density at radius 2 is 2.11 bits per heavy atom. The minimum atomic E-state index is 0.616. The monoisotopic (exact) mass is 323 g/mol. The molecular weight excluding hydrogens is 302 g/mol. The average Bonchev–Trinajstić information content (AvgIpc) is 3.05. The van der Waals surface area contributed by atoms with Crippen LogP contribution in [-0.2, 0) is 12.8 Å². The molecule has 1 heterocycles. The molecule has 0 spiro atoms. The third kappa shape index (κ3) is 2.82. The molecule has 0 aromatic heterocycles. The average molecular weight is 324 g/mol. The Kier molecular flexibility index (Phi) is 4.13. The number of hydrogen-bond acceptors (Lipinski definition) is 2. The van der Waals surface area contributed by atoms with Gasteiger partial charge in [-0.25, -0.2) is 0 Å². The molecule has 1 unspecified atom stereocenters. The van der Waals surface area contributed by atoms with Gasteiger partial charge in [0.15, 0.2) is 0 Å². The molecule has 1 saturated carbocycles. The Hall–Kier alpha value is -0.540. The first-order chi connectivity index (χ1) is 9.28. The molecule has 2 nitrogen and oxygen atoms in total. The molecule has 1 fully saturated rings. The highest BCUT2D eigenvalue weighted by atomic mass is 79.9. The standard InChI is InChI=1S/C16H22BrNO/c17-15-8-12-5-6-19-16(12)13(9-15)7-14(10-18)11-3-1-2-4-11/h8-9,11,14H,1-7,10,18H2. The van der Waals surface area contributed by atoms with Crippen LogP contribution in [0.1, 0.15) is 36.8 Å². The third-order valence-corrected chi connectivity index (χ3v) is 5.13. The largest absolute Gasteiger partial charge is 0.493 e. The molecule has 1 aliphatic heterocycles. The molecule has 0 bridgehead atoms. The fourth-order valence-electron chi connectivity index (χ4n) is 3.65. The van der Waals surface area contributed by atoms with Crippen LogP contribution in [0, 0.1) is 11.8 Å². The second kappa shape index (κ2) is 5.84. The maximum Gasteiger partial charge on any atom is 0.125 e. The molecule has 2 N–H and O–H groups in total. The summed E-state index contributed by atoms with van der Waals surface area (Å²) < 4.78 is 7.01. The topological polar surface area (TPSA) is 35.2 Å². The summed E-state index contributed by atoms with van der Waals surface area (Å²) in [6.07, 6.45) is 7.60. The van der Waals surface area contributed by atoms with Crippen LogP contribution in [-0.4, -0.2) is 13.2 Å². The number of benzene rings is 1. The predicted molar refractivity (Wildman–Crippen MR) is 81.5 cm³/mol. The van der Waals surface area contributed by atoms with Crippen LogP contribution in [0.4, 0.5) is 0 Å². The Balaban J connectivity index is 1.81. The molecule has 1 atom stereocenters. The second-order valence-corrected chi connectivity index (χ2v) is 6.81. The van der Waals surface area contributed by atoms with E-state index in [2.05, 4.69) is 28.1 Å². The number of ether oxygens (including phenoxy) is 1. The van der Waals surface area contributed by atoms with Crippen LogP contribution < -0.4 is 10.5 Å². The van der Waals surface area contributed by atoms with Gasteiger partial charge in [0, 0.05) is 10.9 Å². The van der Waals surface area contributed by atoms with E-state index in [0.29, 0.717) is 5.92 Å². The van der Waals surface area contributed by atoms with Gasteiger partial charge in [-0.2, -0.15) is 0 Å². The van der Waals surface area contributed by atoms with Crippen molar-refractivity contribution in [1.82, 2.24) is 0 Å². The van der Waals surface area contributed by atoms with Gasteiger partial charge < -0.3 is 10.5 Å². The number of hydrogen-bond donors (Lipinski definition) is 1. The zero-order valence-corrected chi connectivity index (χ0v) is 12.9. The first-order valence-electron chi connectivity index (χ1n) is 7.42. The van der Waals surface area contributed by atoms with E-state index in [1.54, 1.807) is 0 Å². The van der Waals surface area contributed by atoms with Crippen LogP contribution in [0.5, 0.6) is 5.75 Å². The number of rotatable bonds is 4. The van der Waals surface area contributed by atoms with E-state index in [0.717, 1.165) is 37.7 Å². The van der Waals surface area contributed by atoms with Crippen molar-refractivity contribution in [2.24, 2.45) is 17.6 Å². The van der Waals surface area contributed by atoms with Crippen molar-refractivity contribution in [2.45, 2.75) is 38.5 Å². The minimum absolute atomic E-state index is 0.616. The molecule has 1 aromatic carbocycles. The Bertz CT molecular complexity index is 454. The number of halogens is 1. The van der Waals surface area contributed by atoms with E-state index in [1.807, 2.05) is 0 Å². The summed E-state index contributed by atoms with van der Waals surface area (Å²) in [4.78, 5) is 0. The smallest absolute Gasteiger partial charge is 0.125 e. The van der Waals surface area contributed by atoms with E-state index in [4.69, 9.17) is 10.5 Å². The van der Waals surface area contributed by atoms with Gasteiger partial charge in [0.1, 0.15) is 5.75 Å². The van der Waals surface area contributed by atoms with Gasteiger partial charge in [-0.05, 0) is 48.1 Å². The van der Waals surface area contributed by atoms with Gasteiger partial charge in [-0.3, -0.25) is 0 Å². The first kappa shape index (κ1) is 13.4. The molecular formula is C16H22BrNO. The minimum Gasteiger partial charge on any atom is -0.493 e. The number of fused-ring (bicyclic) bond motifs is 1. The SMILES string of the molecule is NCC(Cc1cc(Br)cc2c1OCC2)C1CCCC1. The van der Waals surface area contributed by atoms with Crippen LogP contribution in [0.25, 0.3) is 0 Å². The quantitative estimate of drug-likeness (QED) is 0.917. The zero-order valence-electron chi connectivity index (χ0n) is 11.3. The highest BCUT2D eigenvalue weighted by Crippen LogP contribution is 2.38. The fourth-order valence-corrected chi connectivity index (χ4v) is 4.20. The molecule has 19 heavy (non-hydrogen) atoms. The normalized spacial score (nSPS) is 20.3. The number of nitrogens with two attached hydrogens (primary N) is 1. The molecule has 0 saturated heterocycles. The summed E-state index contributed by atoms with van der Waals surface area (Å²) in [5.41, 5.74) is 8.74. The lowest BCUT2D eigenvalue weighted by atomic mass is 9.85. The zero-order chi connectivity index (χ0) is 13.2. The maximum absolute atomic E-state index is 6.03. The molecule has 3 heteroatoms. The van der Waals surface area contributed by atoms with E-state index in [-0.39, 0.29) is 0 Å². The Morgan fingerprint density at radius 1 is 1.32 bits per heavy atom.